The minimum atomic E-state index is -0.154. The Morgan fingerprint density at radius 2 is 1.70 bits per heavy atom. The second-order valence-corrected chi connectivity index (χ2v) is 9.29. The SMILES string of the molecule is O=C(NCC1CCC(c2nnc(-c3ccc(Cl)cc3)o2)CC1)c1ccc2cc(Cl)ccc2n1. The van der Waals surface area contributed by atoms with Crippen LogP contribution in [0.5, 0.6) is 0 Å². The molecule has 0 radical (unpaired) electrons. The van der Waals surface area contributed by atoms with Crippen molar-refractivity contribution in [1.29, 1.82) is 0 Å². The number of nitrogens with zero attached hydrogens (tertiary/aromatic N) is 3. The van der Waals surface area contributed by atoms with E-state index < -0.39 is 0 Å². The molecule has 1 saturated carbocycles. The number of pyridine rings is 1. The lowest BCUT2D eigenvalue weighted by Crippen LogP contribution is -2.31. The van der Waals surface area contributed by atoms with Crippen molar-refractivity contribution in [2.45, 2.75) is 31.6 Å². The molecule has 5 rings (SSSR count). The van der Waals surface area contributed by atoms with Gasteiger partial charge in [-0.25, -0.2) is 4.98 Å². The molecule has 0 spiro atoms. The molecule has 0 aliphatic heterocycles. The molecule has 0 bridgehead atoms. The van der Waals surface area contributed by atoms with E-state index in [2.05, 4.69) is 20.5 Å². The summed E-state index contributed by atoms with van der Waals surface area (Å²) in [7, 11) is 0. The first-order valence-corrected chi connectivity index (χ1v) is 11.7. The van der Waals surface area contributed by atoms with Gasteiger partial charge in [0.05, 0.1) is 5.52 Å². The molecule has 2 aromatic carbocycles. The average molecular weight is 481 g/mol. The van der Waals surface area contributed by atoms with Gasteiger partial charge in [-0.15, -0.1) is 10.2 Å². The van der Waals surface area contributed by atoms with Crippen LogP contribution in [0.1, 0.15) is 48.0 Å². The first-order valence-electron chi connectivity index (χ1n) is 11.0. The summed E-state index contributed by atoms with van der Waals surface area (Å²) < 4.78 is 5.93. The zero-order valence-electron chi connectivity index (χ0n) is 17.8. The van der Waals surface area contributed by atoms with Crippen molar-refractivity contribution in [3.63, 3.8) is 0 Å². The van der Waals surface area contributed by atoms with Crippen LogP contribution in [0.15, 0.2) is 59.0 Å². The van der Waals surface area contributed by atoms with E-state index in [0.717, 1.165) is 42.1 Å². The smallest absolute Gasteiger partial charge is 0.269 e. The maximum atomic E-state index is 12.6. The van der Waals surface area contributed by atoms with E-state index in [4.69, 9.17) is 27.6 Å². The van der Waals surface area contributed by atoms with Gasteiger partial charge in [0.15, 0.2) is 0 Å². The summed E-state index contributed by atoms with van der Waals surface area (Å²) in [4.78, 5) is 17.1. The summed E-state index contributed by atoms with van der Waals surface area (Å²) in [6.45, 7) is 0.631. The lowest BCUT2D eigenvalue weighted by Gasteiger charge is -2.26. The van der Waals surface area contributed by atoms with E-state index in [1.807, 2.05) is 42.5 Å². The van der Waals surface area contributed by atoms with Crippen LogP contribution in [-0.2, 0) is 0 Å². The van der Waals surface area contributed by atoms with Gasteiger partial charge < -0.3 is 9.73 Å². The molecule has 0 atom stereocenters. The van der Waals surface area contributed by atoms with E-state index >= 15 is 0 Å². The molecule has 4 aromatic rings. The molecule has 0 unspecified atom stereocenters. The first-order chi connectivity index (χ1) is 16.0. The van der Waals surface area contributed by atoms with Crippen molar-refractivity contribution in [2.75, 3.05) is 6.54 Å². The summed E-state index contributed by atoms with van der Waals surface area (Å²) in [6, 6.07) is 16.4. The summed E-state index contributed by atoms with van der Waals surface area (Å²) in [5.41, 5.74) is 2.03. The number of hydrogen-bond donors (Lipinski definition) is 1. The molecule has 168 valence electrons. The number of amides is 1. The van der Waals surface area contributed by atoms with Crippen molar-refractivity contribution in [1.82, 2.24) is 20.5 Å². The number of benzene rings is 2. The number of hydrogen-bond acceptors (Lipinski definition) is 5. The van der Waals surface area contributed by atoms with Crippen molar-refractivity contribution in [3.8, 4) is 11.5 Å². The Morgan fingerprint density at radius 3 is 2.48 bits per heavy atom. The summed E-state index contributed by atoms with van der Waals surface area (Å²) in [5, 5.41) is 13.7. The van der Waals surface area contributed by atoms with Crippen LogP contribution in [-0.4, -0.2) is 27.6 Å². The molecular formula is C25H22Cl2N4O2. The highest BCUT2D eigenvalue weighted by molar-refractivity contribution is 6.31. The molecule has 8 heteroatoms. The van der Waals surface area contributed by atoms with Gasteiger partial charge in [-0.1, -0.05) is 29.3 Å². The standard InChI is InChI=1S/C25H22Cl2N4O2/c26-19-8-5-17(6-9-19)25-31-30-24(33-25)16-3-1-15(2-4-16)14-28-23(32)22-11-7-18-13-20(27)10-12-21(18)29-22/h5-13,15-16H,1-4,14H2,(H,28,32). The zero-order chi connectivity index (χ0) is 22.8. The molecule has 33 heavy (non-hydrogen) atoms. The van der Waals surface area contributed by atoms with Crippen molar-refractivity contribution < 1.29 is 9.21 Å². The number of fused-ring (bicyclic) bond motifs is 1. The molecule has 1 aliphatic carbocycles. The molecule has 2 aromatic heterocycles. The van der Waals surface area contributed by atoms with Crippen LogP contribution < -0.4 is 5.32 Å². The third-order valence-electron chi connectivity index (χ3n) is 6.16. The molecular weight excluding hydrogens is 459 g/mol. The van der Waals surface area contributed by atoms with Gasteiger partial charge in [-0.3, -0.25) is 4.79 Å². The van der Waals surface area contributed by atoms with Crippen LogP contribution in [0.2, 0.25) is 10.0 Å². The molecule has 1 amide bonds. The van der Waals surface area contributed by atoms with Crippen LogP contribution in [0.4, 0.5) is 0 Å². The second kappa shape index (κ2) is 9.49. The van der Waals surface area contributed by atoms with Crippen molar-refractivity contribution >= 4 is 40.0 Å². The first kappa shape index (κ1) is 21.9. The van der Waals surface area contributed by atoms with Crippen LogP contribution in [0.3, 0.4) is 0 Å². The normalized spacial score (nSPS) is 18.4. The fourth-order valence-corrected chi connectivity index (χ4v) is 4.58. The van der Waals surface area contributed by atoms with E-state index in [9.17, 15) is 4.79 Å². The third kappa shape index (κ3) is 5.02. The Balaban J connectivity index is 1.14. The van der Waals surface area contributed by atoms with E-state index in [1.165, 1.54) is 0 Å². The predicted octanol–water partition coefficient (Wildman–Crippen LogP) is 6.30. The summed E-state index contributed by atoms with van der Waals surface area (Å²) >= 11 is 12.0. The Bertz CT molecular complexity index is 1280. The Hall–Kier alpha value is -2.96. The fourth-order valence-electron chi connectivity index (χ4n) is 4.27. The highest BCUT2D eigenvalue weighted by atomic mass is 35.5. The maximum absolute atomic E-state index is 12.6. The quantitative estimate of drug-likeness (QED) is 0.362. The van der Waals surface area contributed by atoms with Gasteiger partial charge in [0, 0.05) is 33.5 Å². The lowest BCUT2D eigenvalue weighted by molar-refractivity contribution is 0.0937. The summed E-state index contributed by atoms with van der Waals surface area (Å²) in [6.07, 6.45) is 3.90. The zero-order valence-corrected chi connectivity index (χ0v) is 19.3. The van der Waals surface area contributed by atoms with Gasteiger partial charge in [-0.2, -0.15) is 0 Å². The monoisotopic (exact) mass is 480 g/mol. The maximum Gasteiger partial charge on any atom is 0.269 e. The number of carbonyl (C=O) groups excluding carboxylic acids is 1. The second-order valence-electron chi connectivity index (χ2n) is 8.41. The Kier molecular flexibility index (Phi) is 6.29. The third-order valence-corrected chi connectivity index (χ3v) is 6.65. The molecule has 1 aliphatic rings. The van der Waals surface area contributed by atoms with Crippen LogP contribution in [0.25, 0.3) is 22.4 Å². The number of rotatable bonds is 5. The fraction of sp³-hybridized carbons (Fsp3) is 0.280. The summed E-state index contributed by atoms with van der Waals surface area (Å²) in [5.74, 6) is 1.71. The van der Waals surface area contributed by atoms with E-state index in [1.54, 1.807) is 12.1 Å². The molecule has 1 N–H and O–H groups in total. The molecule has 1 fully saturated rings. The van der Waals surface area contributed by atoms with E-state index in [-0.39, 0.29) is 11.8 Å². The Morgan fingerprint density at radius 1 is 0.939 bits per heavy atom. The predicted molar refractivity (Wildman–Crippen MR) is 129 cm³/mol. The minimum absolute atomic E-state index is 0.154. The number of aromatic nitrogens is 3. The van der Waals surface area contributed by atoms with Crippen molar-refractivity contribution in [3.05, 3.63) is 76.2 Å². The average Bonchev–Trinajstić information content (AvgIpc) is 3.33. The molecule has 2 heterocycles. The molecule has 0 saturated heterocycles. The minimum Gasteiger partial charge on any atom is -0.420 e. The van der Waals surface area contributed by atoms with Gasteiger partial charge in [0.25, 0.3) is 5.91 Å². The Labute approximate surface area is 201 Å². The van der Waals surface area contributed by atoms with Crippen molar-refractivity contribution in [2.24, 2.45) is 5.92 Å². The number of carbonyl (C=O) groups is 1. The number of nitrogens with one attached hydrogen (secondary N) is 1. The number of halogens is 2. The largest absolute Gasteiger partial charge is 0.420 e. The van der Waals surface area contributed by atoms with Gasteiger partial charge >= 0.3 is 0 Å². The highest BCUT2D eigenvalue weighted by Gasteiger charge is 2.27. The topological polar surface area (TPSA) is 80.9 Å². The van der Waals surface area contributed by atoms with Gasteiger partial charge in [-0.05, 0) is 80.1 Å². The molecule has 6 nitrogen and oxygen atoms in total. The van der Waals surface area contributed by atoms with E-state index in [0.29, 0.717) is 40.0 Å². The van der Waals surface area contributed by atoms with Crippen LogP contribution >= 0.6 is 23.2 Å². The lowest BCUT2D eigenvalue weighted by atomic mass is 9.82. The van der Waals surface area contributed by atoms with Gasteiger partial charge in [0.2, 0.25) is 11.8 Å². The van der Waals surface area contributed by atoms with Crippen LogP contribution in [0, 0.1) is 5.92 Å². The highest BCUT2D eigenvalue weighted by Crippen LogP contribution is 2.36. The van der Waals surface area contributed by atoms with Gasteiger partial charge in [0.1, 0.15) is 5.69 Å².